The summed E-state index contributed by atoms with van der Waals surface area (Å²) < 4.78 is 18.7. The van der Waals surface area contributed by atoms with Gasteiger partial charge in [0.15, 0.2) is 0 Å². The van der Waals surface area contributed by atoms with Crippen LogP contribution in [0.5, 0.6) is 11.5 Å². The number of pyridine rings is 1. The van der Waals surface area contributed by atoms with Crippen molar-refractivity contribution in [2.45, 2.75) is 13.5 Å². The molecule has 0 atom stereocenters. The standard InChI is InChI=1S/C13H13FN2O/c1-9-4-5-10(14)7-13(9)17-12-3-2-6-16-11(12)8-15/h2-7H,8,15H2,1H3. The first-order valence-corrected chi connectivity index (χ1v) is 5.28. The summed E-state index contributed by atoms with van der Waals surface area (Å²) in [7, 11) is 0. The number of hydrogen-bond donors (Lipinski definition) is 1. The maximum absolute atomic E-state index is 13.1. The monoisotopic (exact) mass is 232 g/mol. The predicted octanol–water partition coefficient (Wildman–Crippen LogP) is 2.78. The first-order valence-electron chi connectivity index (χ1n) is 5.28. The van der Waals surface area contributed by atoms with E-state index in [4.69, 9.17) is 10.5 Å². The van der Waals surface area contributed by atoms with Crippen molar-refractivity contribution in [2.24, 2.45) is 5.73 Å². The normalized spacial score (nSPS) is 10.3. The van der Waals surface area contributed by atoms with Crippen LogP contribution in [-0.2, 0) is 6.54 Å². The molecule has 0 aliphatic carbocycles. The van der Waals surface area contributed by atoms with E-state index in [0.717, 1.165) is 5.56 Å². The van der Waals surface area contributed by atoms with Gasteiger partial charge in [0.05, 0.1) is 5.69 Å². The molecule has 1 aromatic heterocycles. The molecule has 0 aliphatic rings. The van der Waals surface area contributed by atoms with Gasteiger partial charge in [-0.05, 0) is 30.7 Å². The Morgan fingerprint density at radius 3 is 2.88 bits per heavy atom. The molecule has 2 aromatic rings. The average Bonchev–Trinajstić information content (AvgIpc) is 2.34. The SMILES string of the molecule is Cc1ccc(F)cc1Oc1cccnc1CN. The lowest BCUT2D eigenvalue weighted by molar-refractivity contribution is 0.464. The summed E-state index contributed by atoms with van der Waals surface area (Å²) in [5, 5.41) is 0. The first-order chi connectivity index (χ1) is 8.20. The first kappa shape index (κ1) is 11.5. The van der Waals surface area contributed by atoms with Gasteiger partial charge in [-0.25, -0.2) is 4.39 Å². The molecule has 4 heteroatoms. The van der Waals surface area contributed by atoms with Crippen LogP contribution in [0, 0.1) is 12.7 Å². The summed E-state index contributed by atoms with van der Waals surface area (Å²) in [5.41, 5.74) is 7.06. The molecule has 0 aliphatic heterocycles. The lowest BCUT2D eigenvalue weighted by Crippen LogP contribution is -2.02. The third-order valence-corrected chi connectivity index (χ3v) is 2.41. The van der Waals surface area contributed by atoms with E-state index < -0.39 is 0 Å². The van der Waals surface area contributed by atoms with Crippen molar-refractivity contribution in [1.82, 2.24) is 4.98 Å². The highest BCUT2D eigenvalue weighted by atomic mass is 19.1. The Morgan fingerprint density at radius 1 is 1.29 bits per heavy atom. The average molecular weight is 232 g/mol. The molecular weight excluding hydrogens is 219 g/mol. The van der Waals surface area contributed by atoms with Gasteiger partial charge in [0.25, 0.3) is 0 Å². The second-order valence-corrected chi connectivity index (χ2v) is 3.66. The molecule has 88 valence electrons. The quantitative estimate of drug-likeness (QED) is 0.885. The molecule has 0 spiro atoms. The van der Waals surface area contributed by atoms with Gasteiger partial charge < -0.3 is 10.5 Å². The highest BCUT2D eigenvalue weighted by Crippen LogP contribution is 2.27. The number of ether oxygens (including phenoxy) is 1. The summed E-state index contributed by atoms with van der Waals surface area (Å²) in [5.74, 6) is 0.709. The van der Waals surface area contributed by atoms with Crippen molar-refractivity contribution < 1.29 is 9.13 Å². The van der Waals surface area contributed by atoms with E-state index in [1.54, 1.807) is 24.4 Å². The summed E-state index contributed by atoms with van der Waals surface area (Å²) in [4.78, 5) is 4.10. The van der Waals surface area contributed by atoms with Gasteiger partial charge in [0.2, 0.25) is 0 Å². The van der Waals surface area contributed by atoms with Gasteiger partial charge >= 0.3 is 0 Å². The van der Waals surface area contributed by atoms with Crippen LogP contribution in [0.2, 0.25) is 0 Å². The van der Waals surface area contributed by atoms with E-state index in [2.05, 4.69) is 4.98 Å². The van der Waals surface area contributed by atoms with E-state index in [0.29, 0.717) is 17.2 Å². The van der Waals surface area contributed by atoms with Gasteiger partial charge in [0.1, 0.15) is 17.3 Å². The van der Waals surface area contributed by atoms with E-state index in [-0.39, 0.29) is 12.4 Å². The second-order valence-electron chi connectivity index (χ2n) is 3.66. The van der Waals surface area contributed by atoms with Crippen LogP contribution in [0.4, 0.5) is 4.39 Å². The zero-order chi connectivity index (χ0) is 12.3. The highest BCUT2D eigenvalue weighted by Gasteiger charge is 2.07. The lowest BCUT2D eigenvalue weighted by atomic mass is 10.2. The fourth-order valence-corrected chi connectivity index (χ4v) is 1.47. The van der Waals surface area contributed by atoms with Crippen molar-refractivity contribution in [3.63, 3.8) is 0 Å². The zero-order valence-electron chi connectivity index (χ0n) is 9.48. The number of nitrogens with two attached hydrogens (primary N) is 1. The third-order valence-electron chi connectivity index (χ3n) is 2.41. The van der Waals surface area contributed by atoms with Gasteiger partial charge in [-0.2, -0.15) is 0 Å². The minimum Gasteiger partial charge on any atom is -0.455 e. The minimum absolute atomic E-state index is 0.282. The van der Waals surface area contributed by atoms with Crippen molar-refractivity contribution in [3.8, 4) is 11.5 Å². The molecule has 2 N–H and O–H groups in total. The summed E-state index contributed by atoms with van der Waals surface area (Å²) in [6.45, 7) is 2.14. The third kappa shape index (κ3) is 2.60. The Balaban J connectivity index is 2.34. The van der Waals surface area contributed by atoms with Gasteiger partial charge in [-0.3, -0.25) is 4.98 Å². The Bertz CT molecular complexity index is 529. The summed E-state index contributed by atoms with van der Waals surface area (Å²) >= 11 is 0. The van der Waals surface area contributed by atoms with Crippen LogP contribution < -0.4 is 10.5 Å². The van der Waals surface area contributed by atoms with Gasteiger partial charge in [0, 0.05) is 18.8 Å². The predicted molar refractivity (Wildman–Crippen MR) is 63.3 cm³/mol. The van der Waals surface area contributed by atoms with E-state index >= 15 is 0 Å². The Morgan fingerprint density at radius 2 is 2.12 bits per heavy atom. The molecule has 1 aromatic carbocycles. The molecule has 17 heavy (non-hydrogen) atoms. The molecular formula is C13H13FN2O. The topological polar surface area (TPSA) is 48.1 Å². The van der Waals surface area contributed by atoms with Gasteiger partial charge in [-0.1, -0.05) is 6.07 Å². The van der Waals surface area contributed by atoms with Crippen LogP contribution in [0.15, 0.2) is 36.5 Å². The van der Waals surface area contributed by atoms with E-state index in [1.165, 1.54) is 12.1 Å². The van der Waals surface area contributed by atoms with Crippen LogP contribution in [0.3, 0.4) is 0 Å². The molecule has 0 saturated heterocycles. The molecule has 0 unspecified atom stereocenters. The van der Waals surface area contributed by atoms with E-state index in [1.807, 2.05) is 6.92 Å². The van der Waals surface area contributed by atoms with Crippen molar-refractivity contribution in [1.29, 1.82) is 0 Å². The largest absolute Gasteiger partial charge is 0.455 e. The number of nitrogens with zero attached hydrogens (tertiary/aromatic N) is 1. The molecule has 0 saturated carbocycles. The number of hydrogen-bond acceptors (Lipinski definition) is 3. The summed E-state index contributed by atoms with van der Waals surface area (Å²) in [6.07, 6.45) is 1.65. The number of halogens is 1. The summed E-state index contributed by atoms with van der Waals surface area (Å²) in [6, 6.07) is 7.93. The van der Waals surface area contributed by atoms with Crippen LogP contribution in [-0.4, -0.2) is 4.98 Å². The minimum atomic E-state index is -0.330. The van der Waals surface area contributed by atoms with Crippen LogP contribution >= 0.6 is 0 Å². The number of aryl methyl sites for hydroxylation is 1. The van der Waals surface area contributed by atoms with Crippen molar-refractivity contribution in [2.75, 3.05) is 0 Å². The number of aromatic nitrogens is 1. The number of benzene rings is 1. The Labute approximate surface area is 99.1 Å². The molecule has 0 bridgehead atoms. The zero-order valence-corrected chi connectivity index (χ0v) is 9.48. The fourth-order valence-electron chi connectivity index (χ4n) is 1.47. The van der Waals surface area contributed by atoms with Crippen LogP contribution in [0.25, 0.3) is 0 Å². The van der Waals surface area contributed by atoms with E-state index in [9.17, 15) is 4.39 Å². The lowest BCUT2D eigenvalue weighted by Gasteiger charge is -2.11. The molecule has 0 radical (unpaired) electrons. The van der Waals surface area contributed by atoms with Crippen molar-refractivity contribution >= 4 is 0 Å². The highest BCUT2D eigenvalue weighted by molar-refractivity contribution is 5.38. The number of rotatable bonds is 3. The van der Waals surface area contributed by atoms with Crippen LogP contribution in [0.1, 0.15) is 11.3 Å². The maximum Gasteiger partial charge on any atom is 0.150 e. The Kier molecular flexibility index (Phi) is 3.35. The maximum atomic E-state index is 13.1. The van der Waals surface area contributed by atoms with Gasteiger partial charge in [-0.15, -0.1) is 0 Å². The Hall–Kier alpha value is -1.94. The molecule has 2 rings (SSSR count). The van der Waals surface area contributed by atoms with Crippen molar-refractivity contribution in [3.05, 3.63) is 53.6 Å². The molecule has 0 amide bonds. The smallest absolute Gasteiger partial charge is 0.150 e. The molecule has 3 nitrogen and oxygen atoms in total. The molecule has 1 heterocycles. The second kappa shape index (κ2) is 4.93. The molecule has 0 fully saturated rings. The fraction of sp³-hybridized carbons (Fsp3) is 0.154.